The van der Waals surface area contributed by atoms with Crippen LogP contribution in [0.25, 0.3) is 23.3 Å². The molecule has 0 fully saturated rings. The maximum atomic E-state index is 9.49. The summed E-state index contributed by atoms with van der Waals surface area (Å²) in [7, 11) is 0. The molecular formula is C18H14O3. The highest BCUT2D eigenvalue weighted by Crippen LogP contribution is 2.27. The van der Waals surface area contributed by atoms with Crippen LogP contribution in [0, 0.1) is 0 Å². The highest BCUT2D eigenvalue weighted by Gasteiger charge is 2.03. The Kier molecular flexibility index (Phi) is 3.48. The zero-order chi connectivity index (χ0) is 14.7. The molecule has 0 saturated carbocycles. The van der Waals surface area contributed by atoms with Gasteiger partial charge in [-0.15, -0.1) is 0 Å². The van der Waals surface area contributed by atoms with Crippen LogP contribution in [0.4, 0.5) is 0 Å². The molecule has 1 aromatic heterocycles. The minimum absolute atomic E-state index is 0.0396. The molecule has 0 unspecified atom stereocenters. The zero-order valence-corrected chi connectivity index (χ0v) is 11.2. The monoisotopic (exact) mass is 278 g/mol. The average Bonchev–Trinajstić information content (AvgIpc) is 2.98. The summed E-state index contributed by atoms with van der Waals surface area (Å²) in [6, 6.07) is 14.4. The summed E-state index contributed by atoms with van der Waals surface area (Å²) in [6.07, 6.45) is 7.13. The number of benzene rings is 2. The van der Waals surface area contributed by atoms with E-state index in [1.54, 1.807) is 24.7 Å². The Morgan fingerprint density at radius 3 is 2.33 bits per heavy atom. The van der Waals surface area contributed by atoms with Gasteiger partial charge in [-0.3, -0.25) is 0 Å². The molecule has 3 heteroatoms. The van der Waals surface area contributed by atoms with Crippen molar-refractivity contribution in [2.75, 3.05) is 0 Å². The van der Waals surface area contributed by atoms with Crippen LogP contribution < -0.4 is 0 Å². The summed E-state index contributed by atoms with van der Waals surface area (Å²) in [6.45, 7) is 0. The van der Waals surface area contributed by atoms with Gasteiger partial charge in [0.1, 0.15) is 11.5 Å². The molecule has 0 aliphatic heterocycles. The molecule has 2 aromatic carbocycles. The molecule has 0 aliphatic rings. The molecule has 3 rings (SSSR count). The lowest BCUT2D eigenvalue weighted by Gasteiger charge is -2.03. The molecule has 21 heavy (non-hydrogen) atoms. The van der Waals surface area contributed by atoms with Crippen LogP contribution in [0.15, 0.2) is 65.5 Å². The first kappa shape index (κ1) is 13.1. The largest absolute Gasteiger partial charge is 0.508 e. The normalized spacial score (nSPS) is 11.0. The fraction of sp³-hybridized carbons (Fsp3) is 0. The first-order chi connectivity index (χ1) is 10.2. The molecular weight excluding hydrogens is 264 g/mol. The van der Waals surface area contributed by atoms with Crippen LogP contribution in [0.1, 0.15) is 11.1 Å². The fourth-order valence-electron chi connectivity index (χ4n) is 2.22. The Hall–Kier alpha value is -2.94. The van der Waals surface area contributed by atoms with Crippen molar-refractivity contribution >= 4 is 12.2 Å². The Bertz CT molecular complexity index is 751. The van der Waals surface area contributed by atoms with E-state index in [4.69, 9.17) is 4.42 Å². The summed E-state index contributed by atoms with van der Waals surface area (Å²) >= 11 is 0. The van der Waals surface area contributed by atoms with Crippen molar-refractivity contribution in [3.63, 3.8) is 0 Å². The molecule has 3 nitrogen and oxygen atoms in total. The Morgan fingerprint density at radius 2 is 1.62 bits per heavy atom. The van der Waals surface area contributed by atoms with E-state index in [2.05, 4.69) is 0 Å². The summed E-state index contributed by atoms with van der Waals surface area (Å²) in [5.41, 5.74) is 3.83. The van der Waals surface area contributed by atoms with Crippen LogP contribution in [0.5, 0.6) is 11.5 Å². The van der Waals surface area contributed by atoms with Crippen molar-refractivity contribution in [2.45, 2.75) is 0 Å². The van der Waals surface area contributed by atoms with Crippen molar-refractivity contribution < 1.29 is 14.6 Å². The van der Waals surface area contributed by atoms with Gasteiger partial charge in [0, 0.05) is 11.6 Å². The quantitative estimate of drug-likeness (QED) is 0.692. The third kappa shape index (κ3) is 2.98. The minimum atomic E-state index is 0.0396. The van der Waals surface area contributed by atoms with Gasteiger partial charge in [0.2, 0.25) is 0 Å². The van der Waals surface area contributed by atoms with E-state index in [1.807, 2.05) is 42.5 Å². The number of hydrogen-bond donors (Lipinski definition) is 2. The average molecular weight is 278 g/mol. The van der Waals surface area contributed by atoms with Crippen LogP contribution in [-0.4, -0.2) is 10.2 Å². The second kappa shape index (κ2) is 5.59. The number of hydrogen-bond acceptors (Lipinski definition) is 3. The van der Waals surface area contributed by atoms with E-state index in [9.17, 15) is 10.2 Å². The lowest BCUT2D eigenvalue weighted by atomic mass is 10.0. The third-order valence-electron chi connectivity index (χ3n) is 3.17. The molecule has 104 valence electrons. The van der Waals surface area contributed by atoms with E-state index in [-0.39, 0.29) is 11.5 Å². The SMILES string of the molecule is Oc1cc(O)cc(/C=C/c2ccccc2-c2ccoc2)c1. The fourth-order valence-corrected chi connectivity index (χ4v) is 2.22. The molecule has 0 bridgehead atoms. The highest BCUT2D eigenvalue weighted by atomic mass is 16.3. The van der Waals surface area contributed by atoms with Crippen LogP contribution >= 0.6 is 0 Å². The third-order valence-corrected chi connectivity index (χ3v) is 3.17. The van der Waals surface area contributed by atoms with Gasteiger partial charge in [0.25, 0.3) is 0 Å². The van der Waals surface area contributed by atoms with Gasteiger partial charge < -0.3 is 14.6 Å². The van der Waals surface area contributed by atoms with E-state index < -0.39 is 0 Å². The number of aromatic hydroxyl groups is 2. The minimum Gasteiger partial charge on any atom is -0.508 e. The lowest BCUT2D eigenvalue weighted by Crippen LogP contribution is -1.80. The predicted molar refractivity (Wildman–Crippen MR) is 82.8 cm³/mol. The van der Waals surface area contributed by atoms with Crippen molar-refractivity contribution in [3.05, 3.63) is 72.2 Å². The number of furan rings is 1. The van der Waals surface area contributed by atoms with Gasteiger partial charge in [-0.05, 0) is 34.9 Å². The van der Waals surface area contributed by atoms with Crippen molar-refractivity contribution in [2.24, 2.45) is 0 Å². The highest BCUT2D eigenvalue weighted by molar-refractivity contribution is 5.80. The van der Waals surface area contributed by atoms with E-state index in [0.717, 1.165) is 22.3 Å². The Labute approximate surface area is 122 Å². The van der Waals surface area contributed by atoms with Crippen molar-refractivity contribution in [1.29, 1.82) is 0 Å². The first-order valence-electron chi connectivity index (χ1n) is 6.55. The number of phenols is 2. The predicted octanol–water partition coefficient (Wildman–Crippen LogP) is 4.53. The second-order valence-electron chi connectivity index (χ2n) is 4.72. The van der Waals surface area contributed by atoms with E-state index in [1.165, 1.54) is 6.07 Å². The second-order valence-corrected chi connectivity index (χ2v) is 4.72. The van der Waals surface area contributed by atoms with Gasteiger partial charge in [-0.2, -0.15) is 0 Å². The molecule has 0 aliphatic carbocycles. The molecule has 2 N–H and O–H groups in total. The van der Waals surface area contributed by atoms with Crippen molar-refractivity contribution in [1.82, 2.24) is 0 Å². The Morgan fingerprint density at radius 1 is 0.857 bits per heavy atom. The summed E-state index contributed by atoms with van der Waals surface area (Å²) < 4.78 is 5.13. The van der Waals surface area contributed by atoms with Crippen LogP contribution in [-0.2, 0) is 0 Å². The lowest BCUT2D eigenvalue weighted by molar-refractivity contribution is 0.450. The van der Waals surface area contributed by atoms with Crippen LogP contribution in [0.2, 0.25) is 0 Å². The summed E-state index contributed by atoms with van der Waals surface area (Å²) in [5.74, 6) is 0.0792. The number of rotatable bonds is 3. The van der Waals surface area contributed by atoms with Gasteiger partial charge in [-0.1, -0.05) is 36.4 Å². The Balaban J connectivity index is 1.97. The maximum absolute atomic E-state index is 9.49. The zero-order valence-electron chi connectivity index (χ0n) is 11.2. The maximum Gasteiger partial charge on any atom is 0.119 e. The standard InChI is InChI=1S/C18H14O3/c19-16-9-13(10-17(20)11-16)5-6-14-3-1-2-4-18(14)15-7-8-21-12-15/h1-12,19-20H/b6-5+. The van der Waals surface area contributed by atoms with Crippen LogP contribution in [0.3, 0.4) is 0 Å². The van der Waals surface area contributed by atoms with Gasteiger partial charge in [0.15, 0.2) is 0 Å². The molecule has 1 heterocycles. The number of phenolic OH excluding ortho intramolecular Hbond substituents is 2. The first-order valence-corrected chi connectivity index (χ1v) is 6.55. The van der Waals surface area contributed by atoms with Gasteiger partial charge in [-0.25, -0.2) is 0 Å². The van der Waals surface area contributed by atoms with E-state index in [0.29, 0.717) is 0 Å². The smallest absolute Gasteiger partial charge is 0.119 e. The molecule has 0 saturated heterocycles. The van der Waals surface area contributed by atoms with Gasteiger partial charge >= 0.3 is 0 Å². The van der Waals surface area contributed by atoms with Crippen molar-refractivity contribution in [3.8, 4) is 22.6 Å². The topological polar surface area (TPSA) is 53.6 Å². The molecule has 3 aromatic rings. The summed E-state index contributed by atoms with van der Waals surface area (Å²) in [5, 5.41) is 19.0. The molecule has 0 radical (unpaired) electrons. The molecule has 0 amide bonds. The molecule has 0 spiro atoms. The van der Waals surface area contributed by atoms with Gasteiger partial charge in [0.05, 0.1) is 12.5 Å². The summed E-state index contributed by atoms with van der Waals surface area (Å²) in [4.78, 5) is 0. The van der Waals surface area contributed by atoms with E-state index >= 15 is 0 Å². The molecule has 0 atom stereocenters.